The van der Waals surface area contributed by atoms with Gasteiger partial charge in [-0.3, -0.25) is 4.57 Å². The average molecular weight is 316 g/mol. The highest BCUT2D eigenvalue weighted by molar-refractivity contribution is 6.28. The molecule has 0 saturated carbocycles. The predicted octanol–water partition coefficient (Wildman–Crippen LogP) is -0.673. The molecule has 2 aromatic rings. The summed E-state index contributed by atoms with van der Waals surface area (Å²) in [5.41, 5.74) is 6.39. The van der Waals surface area contributed by atoms with E-state index in [4.69, 9.17) is 26.8 Å². The van der Waals surface area contributed by atoms with Crippen molar-refractivity contribution in [3.05, 3.63) is 11.6 Å². The molecule has 1 aliphatic rings. The second-order valence-corrected chi connectivity index (χ2v) is 5.04. The lowest BCUT2D eigenvalue weighted by molar-refractivity contribution is -0.0580. The van der Waals surface area contributed by atoms with E-state index in [0.29, 0.717) is 11.2 Å². The number of aliphatic hydroxyl groups excluding tert-OH is 2. The minimum Gasteiger partial charge on any atom is -0.387 e. The molecule has 0 radical (unpaired) electrons. The maximum atomic E-state index is 10.1. The number of nitrogen functional groups attached to an aromatic ring is 1. The Bertz CT molecular complexity index is 665. The Morgan fingerprint density at radius 2 is 2.19 bits per heavy atom. The molecule has 3 rings (SSSR count). The smallest absolute Gasteiger partial charge is 0.226 e. The Morgan fingerprint density at radius 3 is 2.90 bits per heavy atom. The molecule has 1 aliphatic heterocycles. The van der Waals surface area contributed by atoms with E-state index in [0.717, 1.165) is 0 Å². The van der Waals surface area contributed by atoms with Crippen molar-refractivity contribution in [2.75, 3.05) is 19.5 Å². The van der Waals surface area contributed by atoms with E-state index in [-0.39, 0.29) is 17.7 Å². The lowest BCUT2D eigenvalue weighted by Crippen LogP contribution is -2.33. The lowest BCUT2D eigenvalue weighted by Gasteiger charge is -2.16. The number of fused-ring (bicyclic) bond motifs is 1. The number of nitrogens with two attached hydrogens (primary N) is 1. The van der Waals surface area contributed by atoms with Crippen LogP contribution in [-0.4, -0.2) is 61.8 Å². The number of imidazole rings is 1. The summed E-state index contributed by atoms with van der Waals surface area (Å²) in [6, 6.07) is 0. The van der Waals surface area contributed by atoms with Crippen molar-refractivity contribution >= 4 is 28.6 Å². The van der Waals surface area contributed by atoms with E-state index in [1.807, 2.05) is 0 Å². The third-order valence-electron chi connectivity index (χ3n) is 3.36. The van der Waals surface area contributed by atoms with Crippen molar-refractivity contribution in [2.24, 2.45) is 0 Å². The van der Waals surface area contributed by atoms with E-state index in [2.05, 4.69) is 15.0 Å². The lowest BCUT2D eigenvalue weighted by atomic mass is 10.1. The van der Waals surface area contributed by atoms with Crippen LogP contribution in [-0.2, 0) is 9.47 Å². The highest BCUT2D eigenvalue weighted by atomic mass is 35.5. The molecule has 4 atom stereocenters. The van der Waals surface area contributed by atoms with Gasteiger partial charge in [0, 0.05) is 7.11 Å². The zero-order valence-corrected chi connectivity index (χ0v) is 11.8. The summed E-state index contributed by atoms with van der Waals surface area (Å²) >= 11 is 5.79. The molecule has 10 heteroatoms. The number of halogens is 1. The third kappa shape index (κ3) is 2.32. The summed E-state index contributed by atoms with van der Waals surface area (Å²) in [6.45, 7) is 0.152. The molecular weight excluding hydrogens is 302 g/mol. The number of aliphatic hydroxyl groups is 2. The van der Waals surface area contributed by atoms with Crippen LogP contribution in [0.2, 0.25) is 5.28 Å². The first kappa shape index (κ1) is 14.4. The number of nitrogens with zero attached hydrogens (tertiary/aromatic N) is 4. The van der Waals surface area contributed by atoms with E-state index in [9.17, 15) is 10.2 Å². The monoisotopic (exact) mass is 315 g/mol. The zero-order valence-electron chi connectivity index (χ0n) is 11.0. The quantitative estimate of drug-likeness (QED) is 0.636. The van der Waals surface area contributed by atoms with Crippen molar-refractivity contribution in [1.82, 2.24) is 19.5 Å². The SMILES string of the molecule is COC[C@H]1O[C@@H](n2cnc3c(N)nc(Cl)nc32)C(O)C1O. The highest BCUT2D eigenvalue weighted by Gasteiger charge is 2.44. The van der Waals surface area contributed by atoms with Gasteiger partial charge in [-0.15, -0.1) is 0 Å². The number of ether oxygens (including phenoxy) is 2. The van der Waals surface area contributed by atoms with Gasteiger partial charge >= 0.3 is 0 Å². The number of anilines is 1. The molecular formula is C11H14ClN5O4. The van der Waals surface area contributed by atoms with Gasteiger partial charge in [-0.05, 0) is 11.6 Å². The minimum atomic E-state index is -1.16. The number of rotatable bonds is 3. The van der Waals surface area contributed by atoms with Crippen LogP contribution in [0.4, 0.5) is 5.82 Å². The first-order chi connectivity index (χ1) is 10.0. The fourth-order valence-electron chi connectivity index (χ4n) is 2.36. The number of aromatic nitrogens is 4. The van der Waals surface area contributed by atoms with Gasteiger partial charge in [-0.1, -0.05) is 0 Å². The van der Waals surface area contributed by atoms with Gasteiger partial charge in [-0.25, -0.2) is 4.98 Å². The van der Waals surface area contributed by atoms with Crippen molar-refractivity contribution in [3.63, 3.8) is 0 Å². The second-order valence-electron chi connectivity index (χ2n) is 4.70. The van der Waals surface area contributed by atoms with Gasteiger partial charge in [0.05, 0.1) is 12.9 Å². The van der Waals surface area contributed by atoms with Crippen molar-refractivity contribution in [1.29, 1.82) is 0 Å². The molecule has 3 heterocycles. The summed E-state index contributed by atoms with van der Waals surface area (Å²) in [6.07, 6.45) is -2.35. The molecule has 2 unspecified atom stereocenters. The van der Waals surface area contributed by atoms with Crippen LogP contribution in [0.3, 0.4) is 0 Å². The van der Waals surface area contributed by atoms with Gasteiger partial charge in [0.15, 0.2) is 17.7 Å². The Morgan fingerprint density at radius 1 is 1.43 bits per heavy atom. The standard InChI is InChI=1S/C11H14ClN5O4/c1-20-2-4-6(18)7(19)10(21-4)17-3-14-5-8(13)15-11(12)16-9(5)17/h3-4,6-7,10,18-19H,2H2,1H3,(H2,13,15,16)/t4-,6?,7?,10-/m1/s1. The zero-order chi connectivity index (χ0) is 15.1. The van der Waals surface area contributed by atoms with Gasteiger partial charge < -0.3 is 25.4 Å². The first-order valence-electron chi connectivity index (χ1n) is 6.19. The molecule has 9 nitrogen and oxygen atoms in total. The summed E-state index contributed by atoms with van der Waals surface area (Å²) in [5, 5.41) is 20.1. The van der Waals surface area contributed by atoms with Crippen LogP contribution in [0, 0.1) is 0 Å². The summed E-state index contributed by atoms with van der Waals surface area (Å²) < 4.78 is 12.0. The van der Waals surface area contributed by atoms with E-state index < -0.39 is 24.5 Å². The molecule has 0 amide bonds. The Balaban J connectivity index is 2.01. The largest absolute Gasteiger partial charge is 0.387 e. The highest BCUT2D eigenvalue weighted by Crippen LogP contribution is 2.32. The maximum absolute atomic E-state index is 10.1. The van der Waals surface area contributed by atoms with Crippen LogP contribution in [0.1, 0.15) is 6.23 Å². The Hall–Kier alpha value is -1.52. The van der Waals surface area contributed by atoms with Crippen LogP contribution in [0.5, 0.6) is 0 Å². The normalized spacial score (nSPS) is 29.3. The van der Waals surface area contributed by atoms with Crippen molar-refractivity contribution in [2.45, 2.75) is 24.5 Å². The minimum absolute atomic E-state index is 0.0387. The van der Waals surface area contributed by atoms with E-state index in [1.165, 1.54) is 18.0 Å². The Kier molecular flexibility index (Phi) is 3.68. The second kappa shape index (κ2) is 5.35. The molecule has 21 heavy (non-hydrogen) atoms. The van der Waals surface area contributed by atoms with Gasteiger partial charge in [0.1, 0.15) is 23.8 Å². The molecule has 0 aliphatic carbocycles. The topological polar surface area (TPSA) is 129 Å². The van der Waals surface area contributed by atoms with Crippen LogP contribution in [0.15, 0.2) is 6.33 Å². The van der Waals surface area contributed by atoms with Gasteiger partial charge in [-0.2, -0.15) is 9.97 Å². The molecule has 0 aromatic carbocycles. The van der Waals surface area contributed by atoms with Crippen LogP contribution < -0.4 is 5.73 Å². The van der Waals surface area contributed by atoms with Crippen molar-refractivity contribution in [3.8, 4) is 0 Å². The molecule has 0 bridgehead atoms. The predicted molar refractivity (Wildman–Crippen MR) is 72.5 cm³/mol. The molecule has 1 saturated heterocycles. The molecule has 2 aromatic heterocycles. The molecule has 4 N–H and O–H groups in total. The fourth-order valence-corrected chi connectivity index (χ4v) is 2.53. The fraction of sp³-hybridized carbons (Fsp3) is 0.545. The summed E-state index contributed by atoms with van der Waals surface area (Å²) in [5.74, 6) is 0.130. The van der Waals surface area contributed by atoms with Crippen molar-refractivity contribution < 1.29 is 19.7 Å². The maximum Gasteiger partial charge on any atom is 0.226 e. The Labute approximate surface area is 124 Å². The summed E-state index contributed by atoms with van der Waals surface area (Å²) in [7, 11) is 1.48. The van der Waals surface area contributed by atoms with E-state index >= 15 is 0 Å². The number of hydrogen-bond donors (Lipinski definition) is 3. The molecule has 114 valence electrons. The van der Waals surface area contributed by atoms with E-state index in [1.54, 1.807) is 0 Å². The number of hydrogen-bond acceptors (Lipinski definition) is 8. The average Bonchev–Trinajstić information content (AvgIpc) is 2.96. The third-order valence-corrected chi connectivity index (χ3v) is 3.53. The van der Waals surface area contributed by atoms with Crippen LogP contribution >= 0.6 is 11.6 Å². The van der Waals surface area contributed by atoms with Gasteiger partial charge in [0.2, 0.25) is 5.28 Å². The first-order valence-corrected chi connectivity index (χ1v) is 6.56. The van der Waals surface area contributed by atoms with Crippen LogP contribution in [0.25, 0.3) is 11.2 Å². The number of methoxy groups -OCH3 is 1. The molecule has 0 spiro atoms. The van der Waals surface area contributed by atoms with Gasteiger partial charge in [0.25, 0.3) is 0 Å². The molecule has 1 fully saturated rings. The summed E-state index contributed by atoms with van der Waals surface area (Å²) in [4.78, 5) is 11.9.